The minimum Gasteiger partial charge on any atom is -0.573 e. The SMILES string of the molecule is FC(F)(F)c1cc(-c2ccccn2)[n-]n1.Fc1c[c-]c(-n2[c-][n+](-c3ccc(F)cc3F)c(-c3ccccc3)c2-c2ccccc2)c(F)c1.Fc1c[c-]c(-n2[c-][n+](-c3ccc(F)cc3F)c(-c3ccccc3)c2-c2ccccc2)c(F)c1.[Ir]. The molecular weight excluding hydrogens is 1260 g/mol. The van der Waals surface area contributed by atoms with Gasteiger partial charge < -0.3 is 19.3 Å². The summed E-state index contributed by atoms with van der Waals surface area (Å²) in [6, 6.07) is 57.4. The Balaban J connectivity index is 0.000000157. The van der Waals surface area contributed by atoms with E-state index in [-0.39, 0.29) is 48.5 Å². The largest absolute Gasteiger partial charge is 0.573 e. The third-order valence-electron chi connectivity index (χ3n) is 12.1. The predicted octanol–water partition coefficient (Wildman–Crippen LogP) is 14.6. The number of rotatable bonds is 9. The molecule has 0 aliphatic rings. The molecule has 0 saturated heterocycles. The second-order valence-electron chi connectivity index (χ2n) is 17.4. The predicted molar refractivity (Wildman–Crippen MR) is 277 cm³/mol. The Bertz CT molecular complexity index is 3700. The van der Waals surface area contributed by atoms with Crippen molar-refractivity contribution in [2.75, 3.05) is 0 Å². The van der Waals surface area contributed by atoms with E-state index in [1.165, 1.54) is 36.6 Å². The monoisotopic (exact) mass is 1290 g/mol. The summed E-state index contributed by atoms with van der Waals surface area (Å²) >= 11 is 0. The zero-order chi connectivity index (χ0) is 56.8. The molecule has 0 N–H and O–H groups in total. The Hall–Kier alpha value is -9.58. The van der Waals surface area contributed by atoms with Crippen molar-refractivity contribution in [2.24, 2.45) is 0 Å². The van der Waals surface area contributed by atoms with Gasteiger partial charge in [-0.05, 0) is 76.1 Å². The maximum absolute atomic E-state index is 14.9. The molecule has 0 aliphatic heterocycles. The number of aromatic nitrogens is 7. The van der Waals surface area contributed by atoms with Gasteiger partial charge in [0.05, 0.1) is 22.8 Å². The average Bonchev–Trinajstić information content (AvgIpc) is 2.89. The molecule has 0 fully saturated rings. The Morgan fingerprint density at radius 1 is 0.427 bits per heavy atom. The van der Waals surface area contributed by atoms with Crippen LogP contribution in [0, 0.1) is 71.3 Å². The maximum atomic E-state index is 14.9. The van der Waals surface area contributed by atoms with Gasteiger partial charge >= 0.3 is 6.18 Å². The summed E-state index contributed by atoms with van der Waals surface area (Å²) in [6.45, 7) is 0. The Labute approximate surface area is 474 Å². The summed E-state index contributed by atoms with van der Waals surface area (Å²) in [7, 11) is 0. The van der Waals surface area contributed by atoms with Crippen LogP contribution in [-0.4, -0.2) is 19.2 Å². The van der Waals surface area contributed by atoms with Crippen molar-refractivity contribution in [2.45, 2.75) is 6.18 Å². The van der Waals surface area contributed by atoms with Crippen LogP contribution in [0.2, 0.25) is 0 Å². The number of imidazole rings is 2. The van der Waals surface area contributed by atoms with E-state index in [4.69, 9.17) is 0 Å². The van der Waals surface area contributed by atoms with Crippen LogP contribution in [0.4, 0.5) is 48.3 Å². The molecule has 1 radical (unpaired) electrons. The van der Waals surface area contributed by atoms with E-state index in [1.807, 2.05) is 121 Å². The third kappa shape index (κ3) is 12.4. The van der Waals surface area contributed by atoms with Gasteiger partial charge in [-0.3, -0.25) is 31.7 Å². The summed E-state index contributed by atoms with van der Waals surface area (Å²) in [5, 5.41) is 6.47. The first-order chi connectivity index (χ1) is 39.1. The van der Waals surface area contributed by atoms with Gasteiger partial charge in [0.25, 0.3) is 12.7 Å². The van der Waals surface area contributed by atoms with Crippen LogP contribution < -0.4 is 14.2 Å². The normalized spacial score (nSPS) is 11.0. The number of hydrogen-bond acceptors (Lipinski definition) is 2. The molecule has 12 aromatic rings. The molecule has 411 valence electrons. The fraction of sp³-hybridized carbons (Fsp3) is 0.0159. The summed E-state index contributed by atoms with van der Waals surface area (Å²) in [6.07, 6.45) is 2.98. The molecule has 0 aliphatic carbocycles. The number of hydrogen-bond donors (Lipinski definition) is 0. The van der Waals surface area contributed by atoms with Crippen molar-refractivity contribution in [1.29, 1.82) is 0 Å². The molecule has 8 aromatic carbocycles. The molecule has 0 spiro atoms. The fourth-order valence-corrected chi connectivity index (χ4v) is 8.56. The molecule has 0 saturated carbocycles. The summed E-state index contributed by atoms with van der Waals surface area (Å²) in [5.41, 5.74) is 4.07. The third-order valence-corrected chi connectivity index (χ3v) is 12.1. The summed E-state index contributed by atoms with van der Waals surface area (Å²) in [4.78, 5) is 3.87. The Morgan fingerprint density at radius 2 is 0.817 bits per heavy atom. The molecule has 12 rings (SSSR count). The molecule has 7 nitrogen and oxygen atoms in total. The summed E-state index contributed by atoms with van der Waals surface area (Å²) < 4.78 is 156. The minimum atomic E-state index is -4.46. The van der Waals surface area contributed by atoms with Gasteiger partial charge in [-0.1, -0.05) is 133 Å². The molecule has 4 aromatic heterocycles. The van der Waals surface area contributed by atoms with Crippen LogP contribution in [0.25, 0.3) is 79.2 Å². The zero-order valence-corrected chi connectivity index (χ0v) is 44.2. The zero-order valence-electron chi connectivity index (χ0n) is 41.8. The number of alkyl halides is 3. The van der Waals surface area contributed by atoms with Crippen LogP contribution >= 0.6 is 0 Å². The van der Waals surface area contributed by atoms with Gasteiger partial charge in [0.2, 0.25) is 0 Å². The van der Waals surface area contributed by atoms with E-state index >= 15 is 0 Å². The van der Waals surface area contributed by atoms with Gasteiger partial charge in [0, 0.05) is 67.4 Å². The first-order valence-electron chi connectivity index (χ1n) is 24.2. The minimum absolute atomic E-state index is 0. The second kappa shape index (κ2) is 24.8. The van der Waals surface area contributed by atoms with Gasteiger partial charge in [-0.25, -0.2) is 17.6 Å². The van der Waals surface area contributed by atoms with Crippen LogP contribution in [-0.2, 0) is 26.3 Å². The average molecular weight is 1290 g/mol. The van der Waals surface area contributed by atoms with Crippen molar-refractivity contribution < 1.29 is 77.5 Å². The number of pyridine rings is 1. The van der Waals surface area contributed by atoms with Gasteiger partial charge in [-0.15, -0.1) is 24.3 Å². The topological polar surface area (TPSA) is 57.5 Å². The van der Waals surface area contributed by atoms with E-state index in [0.717, 1.165) is 54.6 Å². The van der Waals surface area contributed by atoms with Crippen LogP contribution in [0.3, 0.4) is 0 Å². The quantitative estimate of drug-likeness (QED) is 0.0822. The molecule has 82 heavy (non-hydrogen) atoms. The van der Waals surface area contributed by atoms with Gasteiger partial charge in [0.1, 0.15) is 40.3 Å². The van der Waals surface area contributed by atoms with Gasteiger partial charge in [0.15, 0.2) is 0 Å². The molecular formula is C63H35F11IrN7-3. The van der Waals surface area contributed by atoms with Crippen molar-refractivity contribution in [3.63, 3.8) is 0 Å². The molecule has 0 bridgehead atoms. The van der Waals surface area contributed by atoms with E-state index < -0.39 is 58.4 Å². The van der Waals surface area contributed by atoms with Crippen LogP contribution in [0.5, 0.6) is 0 Å². The van der Waals surface area contributed by atoms with E-state index in [0.29, 0.717) is 50.7 Å². The fourth-order valence-electron chi connectivity index (χ4n) is 8.56. The van der Waals surface area contributed by atoms with E-state index in [9.17, 15) is 48.3 Å². The van der Waals surface area contributed by atoms with Crippen molar-refractivity contribution in [3.8, 4) is 79.2 Å². The standard InChI is InChI=1S/2C27H15F4N2.C9H5F3N3.Ir/c2*28-20-11-13-24(22(30)15-20)32-17-33(25-14-12-21(29)16-23(25)31)27(19-9-5-2-6-10-19)26(32)18-7-3-1-4-8-18;10-9(11,12)8-5-7(14-15-8)6-3-1-2-4-13-6;/h2*1-13,15-16H;1-5H;/q3*-1;. The molecule has 0 amide bonds. The number of halogens is 11. The van der Waals surface area contributed by atoms with E-state index in [2.05, 4.69) is 40.0 Å². The number of nitrogens with zero attached hydrogens (tertiary/aromatic N) is 7. The Morgan fingerprint density at radius 3 is 1.17 bits per heavy atom. The molecule has 4 heterocycles. The first-order valence-corrected chi connectivity index (χ1v) is 24.2. The smallest absolute Gasteiger partial charge is 0.431 e. The van der Waals surface area contributed by atoms with Crippen LogP contribution in [0.15, 0.2) is 212 Å². The van der Waals surface area contributed by atoms with Crippen molar-refractivity contribution >= 4 is 0 Å². The summed E-state index contributed by atoms with van der Waals surface area (Å²) in [5.74, 6) is -6.33. The first kappa shape index (κ1) is 57.1. The Kier molecular flexibility index (Phi) is 17.3. The van der Waals surface area contributed by atoms with Crippen molar-refractivity contribution in [3.05, 3.63) is 289 Å². The molecule has 0 atom stereocenters. The number of benzene rings is 8. The van der Waals surface area contributed by atoms with E-state index in [1.54, 1.807) is 18.2 Å². The van der Waals surface area contributed by atoms with Gasteiger partial charge in [-0.2, -0.15) is 25.3 Å². The second-order valence-corrected chi connectivity index (χ2v) is 17.4. The van der Waals surface area contributed by atoms with Crippen LogP contribution in [0.1, 0.15) is 5.69 Å². The molecule has 19 heteroatoms. The maximum Gasteiger partial charge on any atom is 0.431 e. The van der Waals surface area contributed by atoms with Crippen molar-refractivity contribution in [1.82, 2.24) is 24.3 Å². The molecule has 0 unspecified atom stereocenters.